The summed E-state index contributed by atoms with van der Waals surface area (Å²) in [7, 11) is 0. The lowest BCUT2D eigenvalue weighted by atomic mass is 9.96. The highest BCUT2D eigenvalue weighted by molar-refractivity contribution is 6.11. The zero-order valence-electron chi connectivity index (χ0n) is 12.1. The van der Waals surface area contributed by atoms with Gasteiger partial charge in [-0.1, -0.05) is 18.2 Å². The molecular weight excluding hydrogens is 268 g/mol. The summed E-state index contributed by atoms with van der Waals surface area (Å²) in [6.45, 7) is 5.20. The van der Waals surface area contributed by atoms with Crippen molar-refractivity contribution >= 4 is 17.7 Å². The number of carbonyl (C=O) groups excluding carboxylic acids is 1. The minimum Gasteiger partial charge on any atom is -0.478 e. The largest absolute Gasteiger partial charge is 0.478 e. The maximum absolute atomic E-state index is 12.4. The Hall–Kier alpha value is -2.69. The van der Waals surface area contributed by atoms with Gasteiger partial charge in [0, 0.05) is 5.69 Å². The second kappa shape index (κ2) is 5.75. The zero-order valence-corrected chi connectivity index (χ0v) is 12.1. The molecule has 108 valence electrons. The molecule has 0 aliphatic heterocycles. The average molecular weight is 284 g/mol. The molecule has 1 heterocycles. The third-order valence-electron chi connectivity index (χ3n) is 3.19. The van der Waals surface area contributed by atoms with Crippen LogP contribution in [0.2, 0.25) is 0 Å². The summed E-state index contributed by atoms with van der Waals surface area (Å²) in [6, 6.07) is 8.69. The van der Waals surface area contributed by atoms with Crippen LogP contribution in [0.25, 0.3) is 0 Å². The maximum atomic E-state index is 12.4. The molecule has 0 saturated carbocycles. The van der Waals surface area contributed by atoms with E-state index in [0.717, 1.165) is 5.69 Å². The summed E-state index contributed by atoms with van der Waals surface area (Å²) >= 11 is 0. The van der Waals surface area contributed by atoms with Gasteiger partial charge in [0.25, 0.3) is 5.91 Å². The van der Waals surface area contributed by atoms with E-state index in [-0.39, 0.29) is 11.1 Å². The Bertz CT molecular complexity index is 723. The highest BCUT2D eigenvalue weighted by Crippen LogP contribution is 2.20. The van der Waals surface area contributed by atoms with E-state index in [1.807, 2.05) is 13.0 Å². The first-order valence-electron chi connectivity index (χ1n) is 6.48. The van der Waals surface area contributed by atoms with Gasteiger partial charge < -0.3 is 10.4 Å². The first kappa shape index (κ1) is 14.7. The molecule has 1 amide bonds. The Balaban J connectivity index is 2.44. The molecule has 2 N–H and O–H groups in total. The van der Waals surface area contributed by atoms with E-state index < -0.39 is 11.9 Å². The Morgan fingerprint density at radius 3 is 2.19 bits per heavy atom. The highest BCUT2D eigenvalue weighted by Gasteiger charge is 2.21. The number of benzene rings is 1. The Morgan fingerprint density at radius 1 is 1.00 bits per heavy atom. The molecule has 0 atom stereocenters. The summed E-state index contributed by atoms with van der Waals surface area (Å²) in [4.78, 5) is 28.0. The standard InChI is InChI=1S/C16H16N2O3/c1-9-7-8-10(2)14(16(20)21)13(9)15(19)18-12-6-4-5-11(3)17-12/h4-8H,1-3H3,(H,20,21)(H,17,18,19). The van der Waals surface area contributed by atoms with Crippen molar-refractivity contribution in [3.8, 4) is 0 Å². The molecular formula is C16H16N2O3. The smallest absolute Gasteiger partial charge is 0.336 e. The van der Waals surface area contributed by atoms with Gasteiger partial charge in [0.1, 0.15) is 5.82 Å². The lowest BCUT2D eigenvalue weighted by Gasteiger charge is -2.12. The van der Waals surface area contributed by atoms with E-state index in [4.69, 9.17) is 0 Å². The minimum atomic E-state index is -1.11. The molecule has 0 radical (unpaired) electrons. The number of aryl methyl sites for hydroxylation is 3. The number of nitrogens with zero attached hydrogens (tertiary/aromatic N) is 1. The van der Waals surface area contributed by atoms with Crippen LogP contribution in [0.1, 0.15) is 37.5 Å². The molecule has 5 heteroatoms. The van der Waals surface area contributed by atoms with E-state index in [1.165, 1.54) is 0 Å². The zero-order chi connectivity index (χ0) is 15.6. The van der Waals surface area contributed by atoms with Crippen LogP contribution in [0.3, 0.4) is 0 Å². The molecule has 2 rings (SSSR count). The summed E-state index contributed by atoms with van der Waals surface area (Å²) in [6.07, 6.45) is 0. The molecule has 2 aromatic rings. The van der Waals surface area contributed by atoms with E-state index in [2.05, 4.69) is 10.3 Å². The van der Waals surface area contributed by atoms with Crippen molar-refractivity contribution < 1.29 is 14.7 Å². The van der Waals surface area contributed by atoms with Gasteiger partial charge in [-0.05, 0) is 44.0 Å². The van der Waals surface area contributed by atoms with Gasteiger partial charge in [0.2, 0.25) is 0 Å². The Morgan fingerprint density at radius 2 is 1.62 bits per heavy atom. The summed E-state index contributed by atoms with van der Waals surface area (Å²) in [5.41, 5.74) is 2.14. The first-order valence-corrected chi connectivity index (χ1v) is 6.48. The number of nitrogens with one attached hydrogen (secondary N) is 1. The quantitative estimate of drug-likeness (QED) is 0.908. The summed E-state index contributed by atoms with van der Waals surface area (Å²) < 4.78 is 0. The lowest BCUT2D eigenvalue weighted by Crippen LogP contribution is -2.19. The number of carboxylic acid groups (broad SMARTS) is 1. The predicted molar refractivity (Wildman–Crippen MR) is 79.8 cm³/mol. The number of hydrogen-bond donors (Lipinski definition) is 2. The van der Waals surface area contributed by atoms with Crippen molar-refractivity contribution in [2.75, 3.05) is 5.32 Å². The fourth-order valence-corrected chi connectivity index (χ4v) is 2.17. The molecule has 0 fully saturated rings. The third kappa shape index (κ3) is 3.08. The number of carbonyl (C=O) groups is 2. The van der Waals surface area contributed by atoms with Crippen molar-refractivity contribution in [1.29, 1.82) is 0 Å². The maximum Gasteiger partial charge on any atom is 0.336 e. The van der Waals surface area contributed by atoms with Crippen LogP contribution in [-0.2, 0) is 0 Å². The predicted octanol–water partition coefficient (Wildman–Crippen LogP) is 2.96. The van der Waals surface area contributed by atoms with Gasteiger partial charge >= 0.3 is 5.97 Å². The van der Waals surface area contributed by atoms with Gasteiger partial charge in [0.15, 0.2) is 0 Å². The van der Waals surface area contributed by atoms with E-state index >= 15 is 0 Å². The second-order valence-corrected chi connectivity index (χ2v) is 4.87. The molecule has 0 unspecified atom stereocenters. The molecule has 1 aromatic heterocycles. The normalized spacial score (nSPS) is 10.2. The molecule has 0 bridgehead atoms. The van der Waals surface area contributed by atoms with Gasteiger partial charge in [-0.3, -0.25) is 4.79 Å². The van der Waals surface area contributed by atoms with E-state index in [1.54, 1.807) is 38.1 Å². The van der Waals surface area contributed by atoms with Gasteiger partial charge in [-0.2, -0.15) is 0 Å². The van der Waals surface area contributed by atoms with Crippen molar-refractivity contribution in [3.63, 3.8) is 0 Å². The van der Waals surface area contributed by atoms with Crippen molar-refractivity contribution in [1.82, 2.24) is 4.98 Å². The number of anilines is 1. The first-order chi connectivity index (χ1) is 9.90. The average Bonchev–Trinajstić information content (AvgIpc) is 2.40. The van der Waals surface area contributed by atoms with Crippen LogP contribution in [-0.4, -0.2) is 22.0 Å². The van der Waals surface area contributed by atoms with Crippen molar-refractivity contribution in [2.24, 2.45) is 0 Å². The van der Waals surface area contributed by atoms with Crippen LogP contribution in [0.15, 0.2) is 30.3 Å². The summed E-state index contributed by atoms with van der Waals surface area (Å²) in [5.74, 6) is -1.18. The number of pyridine rings is 1. The molecule has 0 spiro atoms. The molecule has 0 aliphatic carbocycles. The number of aromatic carboxylic acids is 1. The summed E-state index contributed by atoms with van der Waals surface area (Å²) in [5, 5.41) is 12.0. The lowest BCUT2D eigenvalue weighted by molar-refractivity contribution is 0.0691. The Labute approximate surface area is 122 Å². The molecule has 1 aromatic carbocycles. The fourth-order valence-electron chi connectivity index (χ4n) is 2.17. The topological polar surface area (TPSA) is 79.3 Å². The number of carboxylic acids is 1. The van der Waals surface area contributed by atoms with E-state index in [0.29, 0.717) is 16.9 Å². The van der Waals surface area contributed by atoms with Gasteiger partial charge in [-0.25, -0.2) is 9.78 Å². The third-order valence-corrected chi connectivity index (χ3v) is 3.19. The van der Waals surface area contributed by atoms with Crippen LogP contribution in [0.4, 0.5) is 5.82 Å². The van der Waals surface area contributed by atoms with Gasteiger partial charge in [-0.15, -0.1) is 0 Å². The van der Waals surface area contributed by atoms with E-state index in [9.17, 15) is 14.7 Å². The Kier molecular flexibility index (Phi) is 4.03. The molecule has 0 saturated heterocycles. The van der Waals surface area contributed by atoms with Gasteiger partial charge in [0.05, 0.1) is 11.1 Å². The number of aromatic nitrogens is 1. The van der Waals surface area contributed by atoms with Crippen LogP contribution >= 0.6 is 0 Å². The molecule has 21 heavy (non-hydrogen) atoms. The monoisotopic (exact) mass is 284 g/mol. The van der Waals surface area contributed by atoms with Crippen molar-refractivity contribution in [2.45, 2.75) is 20.8 Å². The molecule has 0 aliphatic rings. The van der Waals surface area contributed by atoms with Crippen molar-refractivity contribution in [3.05, 3.63) is 58.3 Å². The van der Waals surface area contributed by atoms with Crippen LogP contribution < -0.4 is 5.32 Å². The highest BCUT2D eigenvalue weighted by atomic mass is 16.4. The number of amides is 1. The number of hydrogen-bond acceptors (Lipinski definition) is 3. The second-order valence-electron chi connectivity index (χ2n) is 4.87. The number of rotatable bonds is 3. The fraction of sp³-hybridized carbons (Fsp3) is 0.188. The molecule has 5 nitrogen and oxygen atoms in total. The van der Waals surface area contributed by atoms with Crippen LogP contribution in [0.5, 0.6) is 0 Å². The SMILES string of the molecule is Cc1cccc(NC(=O)c2c(C)ccc(C)c2C(=O)O)n1. The minimum absolute atomic E-state index is 0.0279. The van der Waals surface area contributed by atoms with Crippen LogP contribution in [0, 0.1) is 20.8 Å².